The molecular weight excluding hydrogens is 423 g/mol. The van der Waals surface area contributed by atoms with Crippen LogP contribution in [0.15, 0.2) is 46.3 Å². The molecule has 30 heavy (non-hydrogen) atoms. The number of hydrogen-bond donors (Lipinski definition) is 1. The third-order valence-corrected chi connectivity index (χ3v) is 4.77. The van der Waals surface area contributed by atoms with Crippen LogP contribution in [0.2, 0.25) is 0 Å². The van der Waals surface area contributed by atoms with Gasteiger partial charge in [0.1, 0.15) is 0 Å². The maximum Gasteiger partial charge on any atom is 0.422 e. The summed E-state index contributed by atoms with van der Waals surface area (Å²) in [4.78, 5) is 16.0. The van der Waals surface area contributed by atoms with E-state index in [2.05, 4.69) is 20.5 Å². The van der Waals surface area contributed by atoms with Crippen molar-refractivity contribution in [3.05, 3.63) is 42.3 Å². The maximum absolute atomic E-state index is 12.4. The first kappa shape index (κ1) is 21.7. The molecule has 0 aliphatic carbocycles. The zero-order valence-electron chi connectivity index (χ0n) is 15.8. The zero-order chi connectivity index (χ0) is 21.6. The largest absolute Gasteiger partial charge is 0.468 e. The number of carbonyl (C=O) groups excluding carboxylic acids is 1. The number of pyridine rings is 1. The van der Waals surface area contributed by atoms with Gasteiger partial charge < -0.3 is 14.5 Å². The van der Waals surface area contributed by atoms with Crippen LogP contribution in [0.1, 0.15) is 12.5 Å². The van der Waals surface area contributed by atoms with Gasteiger partial charge in [-0.25, -0.2) is 4.98 Å². The van der Waals surface area contributed by atoms with Crippen LogP contribution < -0.4 is 10.1 Å². The highest BCUT2D eigenvalue weighted by atomic mass is 32.2. The number of carbonyl (C=O) groups is 1. The van der Waals surface area contributed by atoms with Crippen LogP contribution in [0.25, 0.3) is 11.6 Å². The monoisotopic (exact) mass is 441 g/mol. The second kappa shape index (κ2) is 9.65. The molecule has 8 nitrogen and oxygen atoms in total. The van der Waals surface area contributed by atoms with E-state index in [9.17, 15) is 18.0 Å². The second-order valence-corrected chi connectivity index (χ2v) is 6.91. The number of furan rings is 1. The van der Waals surface area contributed by atoms with Crippen molar-refractivity contribution in [1.82, 2.24) is 25.1 Å². The van der Waals surface area contributed by atoms with Gasteiger partial charge in [0.15, 0.2) is 23.3 Å². The van der Waals surface area contributed by atoms with Gasteiger partial charge in [-0.3, -0.25) is 9.36 Å². The van der Waals surface area contributed by atoms with E-state index in [-0.39, 0.29) is 24.1 Å². The third-order valence-electron chi connectivity index (χ3n) is 3.81. The van der Waals surface area contributed by atoms with Gasteiger partial charge in [0, 0.05) is 24.8 Å². The molecular formula is C18H18F3N5O3S. The zero-order valence-corrected chi connectivity index (χ0v) is 16.7. The first-order valence-corrected chi connectivity index (χ1v) is 9.86. The summed E-state index contributed by atoms with van der Waals surface area (Å²) in [5.74, 6) is 0.693. The van der Waals surface area contributed by atoms with Gasteiger partial charge in [0.05, 0.1) is 12.0 Å². The van der Waals surface area contributed by atoms with Crippen LogP contribution in [0.3, 0.4) is 0 Å². The van der Waals surface area contributed by atoms with Crippen LogP contribution in [0.5, 0.6) is 5.88 Å². The fourth-order valence-corrected chi connectivity index (χ4v) is 3.31. The molecule has 3 aromatic heterocycles. The van der Waals surface area contributed by atoms with E-state index in [1.807, 2.05) is 11.5 Å². The topological polar surface area (TPSA) is 95.1 Å². The number of aromatic nitrogens is 4. The standard InChI is InChI=1S/C18H18F3N5O3S/c1-2-26-15(13-6-4-8-28-13)24-25-17(26)30-10-14(27)23-9-12-5-3-7-22-16(12)29-11-18(19,20)21/h3-8H,2,9-11H2,1H3,(H,23,27). The highest BCUT2D eigenvalue weighted by Gasteiger charge is 2.29. The lowest BCUT2D eigenvalue weighted by Gasteiger charge is -2.12. The van der Waals surface area contributed by atoms with Gasteiger partial charge >= 0.3 is 6.18 Å². The van der Waals surface area contributed by atoms with Gasteiger partial charge in [-0.2, -0.15) is 13.2 Å². The van der Waals surface area contributed by atoms with E-state index < -0.39 is 12.8 Å². The van der Waals surface area contributed by atoms with E-state index in [1.165, 1.54) is 30.3 Å². The summed E-state index contributed by atoms with van der Waals surface area (Å²) in [6.45, 7) is 1.04. The number of thioether (sulfide) groups is 1. The minimum Gasteiger partial charge on any atom is -0.468 e. The number of rotatable bonds is 9. The van der Waals surface area contributed by atoms with Crippen LogP contribution in [-0.2, 0) is 17.9 Å². The molecule has 1 amide bonds. The maximum atomic E-state index is 12.4. The summed E-state index contributed by atoms with van der Waals surface area (Å²) in [6.07, 6.45) is -1.62. The van der Waals surface area contributed by atoms with Gasteiger partial charge in [-0.15, -0.1) is 10.2 Å². The fraction of sp³-hybridized carbons (Fsp3) is 0.333. The highest BCUT2D eigenvalue weighted by Crippen LogP contribution is 2.24. The van der Waals surface area contributed by atoms with Crippen molar-refractivity contribution in [2.24, 2.45) is 0 Å². The molecule has 0 aliphatic heterocycles. The molecule has 3 aromatic rings. The molecule has 0 spiro atoms. The van der Waals surface area contributed by atoms with Crippen LogP contribution >= 0.6 is 11.8 Å². The van der Waals surface area contributed by atoms with Gasteiger partial charge in [-0.05, 0) is 25.1 Å². The summed E-state index contributed by atoms with van der Waals surface area (Å²) in [5, 5.41) is 11.4. The number of hydrogen-bond acceptors (Lipinski definition) is 7. The molecule has 0 atom stereocenters. The van der Waals surface area contributed by atoms with Crippen molar-refractivity contribution >= 4 is 17.7 Å². The molecule has 0 aliphatic rings. The summed E-state index contributed by atoms with van der Waals surface area (Å²) < 4.78 is 48.9. The Morgan fingerprint density at radius 3 is 2.83 bits per heavy atom. The third kappa shape index (κ3) is 5.75. The number of halogens is 3. The average Bonchev–Trinajstić information content (AvgIpc) is 3.38. The molecule has 0 saturated heterocycles. The second-order valence-electron chi connectivity index (χ2n) is 5.96. The van der Waals surface area contributed by atoms with E-state index in [4.69, 9.17) is 9.15 Å². The Labute approximate surface area is 173 Å². The summed E-state index contributed by atoms with van der Waals surface area (Å²) in [5.41, 5.74) is 0.344. The van der Waals surface area contributed by atoms with Gasteiger partial charge in [0.25, 0.3) is 0 Å². The van der Waals surface area contributed by atoms with E-state index in [0.29, 0.717) is 28.8 Å². The van der Waals surface area contributed by atoms with E-state index >= 15 is 0 Å². The Hall–Kier alpha value is -3.02. The lowest BCUT2D eigenvalue weighted by atomic mass is 10.2. The Balaban J connectivity index is 1.55. The number of nitrogens with one attached hydrogen (secondary N) is 1. The molecule has 0 unspecified atom stereocenters. The number of amides is 1. The van der Waals surface area contributed by atoms with Crippen molar-refractivity contribution in [2.45, 2.75) is 31.3 Å². The predicted octanol–water partition coefficient (Wildman–Crippen LogP) is 3.30. The van der Waals surface area contributed by atoms with E-state index in [1.54, 1.807) is 18.2 Å². The first-order valence-electron chi connectivity index (χ1n) is 8.87. The van der Waals surface area contributed by atoms with Crippen molar-refractivity contribution in [1.29, 1.82) is 0 Å². The minimum atomic E-state index is -4.47. The molecule has 0 bridgehead atoms. The minimum absolute atomic E-state index is 0.0153. The Morgan fingerprint density at radius 1 is 1.30 bits per heavy atom. The lowest BCUT2D eigenvalue weighted by Crippen LogP contribution is -2.26. The molecule has 0 saturated carbocycles. The van der Waals surface area contributed by atoms with Crippen LogP contribution in [0.4, 0.5) is 13.2 Å². The van der Waals surface area contributed by atoms with E-state index in [0.717, 1.165) is 0 Å². The van der Waals surface area contributed by atoms with Crippen LogP contribution in [-0.4, -0.2) is 44.2 Å². The number of alkyl halides is 3. The number of ether oxygens (including phenoxy) is 1. The van der Waals surface area contributed by atoms with Crippen LogP contribution in [0, 0.1) is 0 Å². The lowest BCUT2D eigenvalue weighted by molar-refractivity contribution is -0.154. The number of nitrogens with zero attached hydrogens (tertiary/aromatic N) is 4. The predicted molar refractivity (Wildman–Crippen MR) is 102 cm³/mol. The highest BCUT2D eigenvalue weighted by molar-refractivity contribution is 7.99. The first-order chi connectivity index (χ1) is 14.4. The molecule has 0 radical (unpaired) electrons. The molecule has 3 rings (SSSR count). The molecule has 0 aromatic carbocycles. The van der Waals surface area contributed by atoms with Gasteiger partial charge in [0.2, 0.25) is 11.8 Å². The van der Waals surface area contributed by atoms with Crippen molar-refractivity contribution in [3.8, 4) is 17.5 Å². The SMILES string of the molecule is CCn1c(SCC(=O)NCc2cccnc2OCC(F)(F)F)nnc1-c1ccco1. The van der Waals surface area contributed by atoms with Gasteiger partial charge in [-0.1, -0.05) is 17.8 Å². The van der Waals surface area contributed by atoms with Crippen molar-refractivity contribution in [2.75, 3.05) is 12.4 Å². The summed E-state index contributed by atoms with van der Waals surface area (Å²) >= 11 is 1.19. The average molecular weight is 441 g/mol. The normalized spacial score (nSPS) is 11.5. The summed E-state index contributed by atoms with van der Waals surface area (Å²) in [6, 6.07) is 6.60. The molecule has 160 valence electrons. The van der Waals surface area contributed by atoms with Crippen molar-refractivity contribution < 1.29 is 27.1 Å². The Bertz CT molecular complexity index is 976. The smallest absolute Gasteiger partial charge is 0.422 e. The summed E-state index contributed by atoms with van der Waals surface area (Å²) in [7, 11) is 0. The Kier molecular flexibility index (Phi) is 6.98. The Morgan fingerprint density at radius 2 is 2.13 bits per heavy atom. The quantitative estimate of drug-likeness (QED) is 0.509. The molecule has 1 N–H and O–H groups in total. The molecule has 0 fully saturated rings. The van der Waals surface area contributed by atoms with Crippen molar-refractivity contribution in [3.63, 3.8) is 0 Å². The molecule has 12 heteroatoms. The fourth-order valence-electron chi connectivity index (χ4n) is 2.48. The molecule has 3 heterocycles.